The van der Waals surface area contributed by atoms with Crippen molar-refractivity contribution in [3.8, 4) is 11.4 Å². The highest BCUT2D eigenvalue weighted by Gasteiger charge is 2.35. The zero-order valence-electron chi connectivity index (χ0n) is 17.7. The monoisotopic (exact) mass is 481 g/mol. The van der Waals surface area contributed by atoms with Crippen molar-refractivity contribution in [3.05, 3.63) is 29.3 Å². The molecule has 1 unspecified atom stereocenters. The molecule has 1 N–H and O–H groups in total. The van der Waals surface area contributed by atoms with E-state index in [-0.39, 0.29) is 24.0 Å². The Bertz CT molecular complexity index is 968. The Morgan fingerprint density at radius 2 is 2.00 bits per heavy atom. The van der Waals surface area contributed by atoms with Gasteiger partial charge in [0.15, 0.2) is 11.0 Å². The van der Waals surface area contributed by atoms with E-state index in [9.17, 15) is 14.4 Å². The van der Waals surface area contributed by atoms with Crippen LogP contribution in [-0.4, -0.2) is 83.2 Å². The van der Waals surface area contributed by atoms with Gasteiger partial charge in [-0.1, -0.05) is 23.4 Å². The number of nitrogens with zero attached hydrogens (tertiary/aromatic N) is 4. The molecule has 0 spiro atoms. The van der Waals surface area contributed by atoms with E-state index in [4.69, 9.17) is 16.3 Å². The van der Waals surface area contributed by atoms with Crippen LogP contribution in [-0.2, 0) is 30.4 Å². The summed E-state index contributed by atoms with van der Waals surface area (Å²) in [6.07, 6.45) is -0.191. The summed E-state index contributed by atoms with van der Waals surface area (Å²) >= 11 is 7.20. The summed E-state index contributed by atoms with van der Waals surface area (Å²) in [5, 5.41) is 12.4. The molecule has 172 valence electrons. The quantitative estimate of drug-likeness (QED) is 0.420. The molecule has 0 saturated carbocycles. The first-order valence-corrected chi connectivity index (χ1v) is 11.3. The average molecular weight is 482 g/mol. The first-order chi connectivity index (χ1) is 15.4. The van der Waals surface area contributed by atoms with Crippen molar-refractivity contribution in [1.82, 2.24) is 25.0 Å². The maximum absolute atomic E-state index is 12.9. The third-order valence-electron chi connectivity index (χ3n) is 4.90. The van der Waals surface area contributed by atoms with E-state index in [0.29, 0.717) is 42.2 Å². The number of nitrogens with one attached hydrogen (secondary N) is 1. The number of methoxy groups -OCH3 is 2. The van der Waals surface area contributed by atoms with Crippen LogP contribution in [0, 0.1) is 0 Å². The molecule has 12 heteroatoms. The summed E-state index contributed by atoms with van der Waals surface area (Å²) in [6.45, 7) is 1.58. The molecule has 3 rings (SSSR count). The summed E-state index contributed by atoms with van der Waals surface area (Å²) in [7, 11) is 2.85. The van der Waals surface area contributed by atoms with Crippen LogP contribution in [0.2, 0.25) is 5.02 Å². The minimum atomic E-state index is -0.889. The molecule has 2 amide bonds. The van der Waals surface area contributed by atoms with Crippen molar-refractivity contribution in [2.75, 3.05) is 39.7 Å². The number of esters is 1. The van der Waals surface area contributed by atoms with E-state index in [1.54, 1.807) is 19.2 Å². The first kappa shape index (κ1) is 24.0. The number of piperazine rings is 1. The zero-order valence-corrected chi connectivity index (χ0v) is 19.3. The predicted molar refractivity (Wildman–Crippen MR) is 118 cm³/mol. The van der Waals surface area contributed by atoms with Crippen LogP contribution in [0.15, 0.2) is 29.4 Å². The molecule has 1 aliphatic rings. The molecule has 1 aliphatic heterocycles. The van der Waals surface area contributed by atoms with Gasteiger partial charge in [-0.25, -0.2) is 0 Å². The van der Waals surface area contributed by atoms with Crippen LogP contribution >= 0.6 is 23.4 Å². The summed E-state index contributed by atoms with van der Waals surface area (Å²) in [6, 6.07) is 6.34. The smallest absolute Gasteiger partial charge is 0.308 e. The molecule has 2 heterocycles. The van der Waals surface area contributed by atoms with Gasteiger partial charge in [-0.05, 0) is 24.3 Å². The van der Waals surface area contributed by atoms with Gasteiger partial charge in [0.2, 0.25) is 11.8 Å². The largest absolute Gasteiger partial charge is 0.469 e. The number of ether oxygens (including phenoxy) is 2. The minimum Gasteiger partial charge on any atom is -0.469 e. The molecular weight excluding hydrogens is 458 g/mol. The molecular formula is C20H24ClN5O5S. The van der Waals surface area contributed by atoms with Gasteiger partial charge in [-0.3, -0.25) is 19.0 Å². The Labute approximate surface area is 194 Å². The zero-order chi connectivity index (χ0) is 23.1. The van der Waals surface area contributed by atoms with Crippen molar-refractivity contribution in [1.29, 1.82) is 0 Å². The molecule has 0 aliphatic carbocycles. The Hall–Kier alpha value is -2.63. The van der Waals surface area contributed by atoms with Crippen molar-refractivity contribution in [2.45, 2.75) is 24.2 Å². The molecule has 1 saturated heterocycles. The van der Waals surface area contributed by atoms with Gasteiger partial charge in [-0.2, -0.15) is 0 Å². The highest BCUT2D eigenvalue weighted by molar-refractivity contribution is 7.99. The Morgan fingerprint density at radius 3 is 2.69 bits per heavy atom. The molecule has 1 fully saturated rings. The summed E-state index contributed by atoms with van der Waals surface area (Å²) in [5.74, 6) is -0.517. The number of hydrogen-bond donors (Lipinski definition) is 1. The lowest BCUT2D eigenvalue weighted by Gasteiger charge is -2.34. The third kappa shape index (κ3) is 5.78. The highest BCUT2D eigenvalue weighted by Crippen LogP contribution is 2.26. The number of benzene rings is 1. The maximum atomic E-state index is 12.9. The van der Waals surface area contributed by atoms with Gasteiger partial charge in [0.25, 0.3) is 0 Å². The summed E-state index contributed by atoms with van der Waals surface area (Å²) in [5.41, 5.74) is 0.835. The second-order valence-corrected chi connectivity index (χ2v) is 8.30. The fraction of sp³-hybridized carbons (Fsp3) is 0.450. The van der Waals surface area contributed by atoms with Crippen molar-refractivity contribution in [3.63, 3.8) is 0 Å². The molecule has 0 radical (unpaired) electrons. The van der Waals surface area contributed by atoms with Crippen LogP contribution in [0.5, 0.6) is 0 Å². The number of amides is 2. The van der Waals surface area contributed by atoms with E-state index >= 15 is 0 Å². The van der Waals surface area contributed by atoms with Crippen LogP contribution < -0.4 is 5.32 Å². The van der Waals surface area contributed by atoms with Gasteiger partial charge >= 0.3 is 5.97 Å². The fourth-order valence-electron chi connectivity index (χ4n) is 3.26. The van der Waals surface area contributed by atoms with E-state index in [1.165, 1.54) is 23.8 Å². The van der Waals surface area contributed by atoms with E-state index in [0.717, 1.165) is 5.56 Å². The molecule has 1 aromatic heterocycles. The van der Waals surface area contributed by atoms with E-state index in [2.05, 4.69) is 20.3 Å². The van der Waals surface area contributed by atoms with Crippen LogP contribution in [0.1, 0.15) is 6.42 Å². The topological polar surface area (TPSA) is 116 Å². The van der Waals surface area contributed by atoms with Gasteiger partial charge in [0.1, 0.15) is 6.04 Å². The number of carbonyl (C=O) groups excluding carboxylic acids is 3. The van der Waals surface area contributed by atoms with Gasteiger partial charge in [-0.15, -0.1) is 10.2 Å². The minimum absolute atomic E-state index is 0.0384. The normalized spacial score (nSPS) is 16.0. The average Bonchev–Trinajstić information content (AvgIpc) is 3.20. The van der Waals surface area contributed by atoms with Crippen LogP contribution in [0.4, 0.5) is 0 Å². The first-order valence-electron chi connectivity index (χ1n) is 9.89. The Morgan fingerprint density at radius 1 is 1.25 bits per heavy atom. The van der Waals surface area contributed by atoms with E-state index in [1.807, 2.05) is 16.7 Å². The van der Waals surface area contributed by atoms with Crippen molar-refractivity contribution < 1.29 is 23.9 Å². The number of rotatable bonds is 9. The molecule has 32 heavy (non-hydrogen) atoms. The Kier molecular flexibility index (Phi) is 8.48. The third-order valence-corrected chi connectivity index (χ3v) is 6.11. The molecule has 1 atom stereocenters. The SMILES string of the molecule is COCCn1c(SCC(=O)N2CCNC(=O)C2CC(=O)OC)nnc1-c1ccc(Cl)cc1. The second kappa shape index (κ2) is 11.3. The van der Waals surface area contributed by atoms with Gasteiger partial charge in [0.05, 0.1) is 32.4 Å². The number of carbonyl (C=O) groups is 3. The lowest BCUT2D eigenvalue weighted by molar-refractivity contribution is -0.149. The predicted octanol–water partition coefficient (Wildman–Crippen LogP) is 1.23. The lowest BCUT2D eigenvalue weighted by Crippen LogP contribution is -2.58. The van der Waals surface area contributed by atoms with E-state index < -0.39 is 12.0 Å². The Balaban J connectivity index is 1.75. The van der Waals surface area contributed by atoms with Gasteiger partial charge < -0.3 is 19.7 Å². The number of aromatic nitrogens is 3. The number of hydrogen-bond acceptors (Lipinski definition) is 8. The summed E-state index contributed by atoms with van der Waals surface area (Å²) < 4.78 is 11.7. The van der Waals surface area contributed by atoms with Gasteiger partial charge in [0, 0.05) is 30.8 Å². The summed E-state index contributed by atoms with van der Waals surface area (Å²) in [4.78, 5) is 38.2. The van der Waals surface area contributed by atoms with Crippen molar-refractivity contribution in [2.24, 2.45) is 0 Å². The van der Waals surface area contributed by atoms with Crippen LogP contribution in [0.3, 0.4) is 0 Å². The standard InChI is InChI=1S/C20H24ClN5O5S/c1-30-10-9-26-18(13-3-5-14(21)6-4-13)23-24-20(26)32-12-16(27)25-8-7-22-19(29)15(25)11-17(28)31-2/h3-6,15H,7-12H2,1-2H3,(H,22,29). The second-order valence-electron chi connectivity index (χ2n) is 6.92. The molecule has 0 bridgehead atoms. The lowest BCUT2D eigenvalue weighted by atomic mass is 10.1. The highest BCUT2D eigenvalue weighted by atomic mass is 35.5. The number of halogens is 1. The maximum Gasteiger partial charge on any atom is 0.308 e. The molecule has 10 nitrogen and oxygen atoms in total. The van der Waals surface area contributed by atoms with Crippen LogP contribution in [0.25, 0.3) is 11.4 Å². The molecule has 2 aromatic rings. The fourth-order valence-corrected chi connectivity index (χ4v) is 4.24. The van der Waals surface area contributed by atoms with Crippen molar-refractivity contribution >= 4 is 41.1 Å². The number of thioether (sulfide) groups is 1. The molecule has 1 aromatic carbocycles.